The number of rotatable bonds is 1. The van der Waals surface area contributed by atoms with Crippen molar-refractivity contribution < 1.29 is 0 Å². The molecule has 2 N–H and O–H groups in total. The average Bonchev–Trinajstić information content (AvgIpc) is 2.99. The molecule has 0 aliphatic heterocycles. The molecule has 5 aromatic rings. The SMILES string of the molecule is CC1(C)c2ccc(-c3ccc4ccccc4c3N)cc2-c2cc3ccccc3cc21. The molecular formula is C29H23N. The normalized spacial score (nSPS) is 14.1. The van der Waals surface area contributed by atoms with Crippen molar-refractivity contribution in [2.45, 2.75) is 19.3 Å². The van der Waals surface area contributed by atoms with E-state index in [-0.39, 0.29) is 5.41 Å². The van der Waals surface area contributed by atoms with Crippen molar-refractivity contribution in [1.82, 2.24) is 0 Å². The monoisotopic (exact) mass is 385 g/mol. The highest BCUT2D eigenvalue weighted by molar-refractivity contribution is 6.01. The zero-order valence-electron chi connectivity index (χ0n) is 17.2. The van der Waals surface area contributed by atoms with Crippen LogP contribution in [0.3, 0.4) is 0 Å². The first-order valence-electron chi connectivity index (χ1n) is 10.5. The maximum Gasteiger partial charge on any atom is 0.0473 e. The van der Waals surface area contributed by atoms with E-state index in [1.165, 1.54) is 44.0 Å². The van der Waals surface area contributed by atoms with Gasteiger partial charge in [0.05, 0.1) is 0 Å². The highest BCUT2D eigenvalue weighted by Gasteiger charge is 2.35. The van der Waals surface area contributed by atoms with Crippen LogP contribution in [-0.2, 0) is 5.41 Å². The van der Waals surface area contributed by atoms with Crippen LogP contribution in [0, 0.1) is 0 Å². The molecule has 0 aromatic heterocycles. The molecule has 0 saturated heterocycles. The van der Waals surface area contributed by atoms with Gasteiger partial charge in [-0.25, -0.2) is 0 Å². The Bertz CT molecular complexity index is 1470. The molecule has 0 unspecified atom stereocenters. The lowest BCUT2D eigenvalue weighted by Gasteiger charge is -2.22. The molecule has 6 rings (SSSR count). The van der Waals surface area contributed by atoms with E-state index >= 15 is 0 Å². The smallest absolute Gasteiger partial charge is 0.0473 e. The molecule has 30 heavy (non-hydrogen) atoms. The number of nitrogens with two attached hydrogens (primary N) is 1. The summed E-state index contributed by atoms with van der Waals surface area (Å²) < 4.78 is 0. The number of nitrogen functional groups attached to an aromatic ring is 1. The van der Waals surface area contributed by atoms with E-state index < -0.39 is 0 Å². The third-order valence-corrected chi connectivity index (χ3v) is 6.82. The lowest BCUT2D eigenvalue weighted by molar-refractivity contribution is 0.661. The topological polar surface area (TPSA) is 26.0 Å². The van der Waals surface area contributed by atoms with Gasteiger partial charge < -0.3 is 5.73 Å². The Kier molecular flexibility index (Phi) is 3.44. The highest BCUT2D eigenvalue weighted by atomic mass is 14.6. The number of benzene rings is 5. The summed E-state index contributed by atoms with van der Waals surface area (Å²) in [6, 6.07) is 32.9. The van der Waals surface area contributed by atoms with Gasteiger partial charge in [-0.3, -0.25) is 0 Å². The standard InChI is InChI=1S/C29H23N/c1-29(2)26-14-12-21(23-13-11-18-7-5-6-10-22(18)28(23)30)16-24(26)25-15-19-8-3-4-9-20(19)17-27(25)29/h3-17H,30H2,1-2H3. The quantitative estimate of drug-likeness (QED) is 0.296. The Labute approximate surface area is 176 Å². The fourth-order valence-corrected chi connectivity index (χ4v) is 5.15. The van der Waals surface area contributed by atoms with Gasteiger partial charge in [-0.2, -0.15) is 0 Å². The minimum Gasteiger partial charge on any atom is -0.398 e. The van der Waals surface area contributed by atoms with Crippen molar-refractivity contribution in [1.29, 1.82) is 0 Å². The second-order valence-electron chi connectivity index (χ2n) is 8.88. The number of fused-ring (bicyclic) bond motifs is 5. The lowest BCUT2D eigenvalue weighted by atomic mass is 9.81. The van der Waals surface area contributed by atoms with Gasteiger partial charge in [0.1, 0.15) is 0 Å². The Balaban J connectivity index is 1.60. The number of hydrogen-bond acceptors (Lipinski definition) is 1. The molecule has 0 spiro atoms. The Hall–Kier alpha value is -3.58. The molecule has 0 bridgehead atoms. The van der Waals surface area contributed by atoms with Gasteiger partial charge in [0.2, 0.25) is 0 Å². The molecule has 0 atom stereocenters. The molecule has 0 saturated carbocycles. The van der Waals surface area contributed by atoms with Crippen molar-refractivity contribution in [3.05, 3.63) is 102 Å². The van der Waals surface area contributed by atoms with Crippen molar-refractivity contribution in [2.24, 2.45) is 0 Å². The molecule has 1 aliphatic carbocycles. The van der Waals surface area contributed by atoms with Crippen LogP contribution in [-0.4, -0.2) is 0 Å². The Morgan fingerprint density at radius 2 is 1.23 bits per heavy atom. The van der Waals surface area contributed by atoms with Gasteiger partial charge in [-0.05, 0) is 62.2 Å². The zero-order chi connectivity index (χ0) is 20.5. The van der Waals surface area contributed by atoms with Crippen LogP contribution in [0.1, 0.15) is 25.0 Å². The third kappa shape index (κ3) is 2.29. The number of hydrogen-bond donors (Lipinski definition) is 1. The minimum atomic E-state index is -0.0117. The average molecular weight is 386 g/mol. The summed E-state index contributed by atoms with van der Waals surface area (Å²) in [6.45, 7) is 4.66. The second kappa shape index (κ2) is 5.96. The minimum absolute atomic E-state index is 0.0117. The largest absolute Gasteiger partial charge is 0.398 e. The first kappa shape index (κ1) is 17.3. The molecule has 5 aromatic carbocycles. The van der Waals surface area contributed by atoms with Crippen molar-refractivity contribution in [2.75, 3.05) is 5.73 Å². The molecule has 144 valence electrons. The maximum atomic E-state index is 6.62. The molecule has 0 radical (unpaired) electrons. The lowest BCUT2D eigenvalue weighted by Crippen LogP contribution is -2.14. The van der Waals surface area contributed by atoms with Crippen LogP contribution in [0.4, 0.5) is 5.69 Å². The highest BCUT2D eigenvalue weighted by Crippen LogP contribution is 2.51. The fourth-order valence-electron chi connectivity index (χ4n) is 5.15. The molecule has 1 nitrogen and oxygen atoms in total. The first-order chi connectivity index (χ1) is 14.5. The van der Waals surface area contributed by atoms with Crippen LogP contribution in [0.2, 0.25) is 0 Å². The van der Waals surface area contributed by atoms with Crippen LogP contribution in [0.25, 0.3) is 43.8 Å². The van der Waals surface area contributed by atoms with Gasteiger partial charge in [0.25, 0.3) is 0 Å². The molecule has 0 heterocycles. The Morgan fingerprint density at radius 1 is 0.567 bits per heavy atom. The van der Waals surface area contributed by atoms with Gasteiger partial charge >= 0.3 is 0 Å². The Morgan fingerprint density at radius 3 is 2.03 bits per heavy atom. The number of anilines is 1. The summed E-state index contributed by atoms with van der Waals surface area (Å²) in [4.78, 5) is 0. The summed E-state index contributed by atoms with van der Waals surface area (Å²) in [5, 5.41) is 4.88. The summed E-state index contributed by atoms with van der Waals surface area (Å²) in [7, 11) is 0. The molecule has 1 aliphatic rings. The van der Waals surface area contributed by atoms with Gasteiger partial charge in [0, 0.05) is 22.1 Å². The predicted molar refractivity (Wildman–Crippen MR) is 129 cm³/mol. The summed E-state index contributed by atoms with van der Waals surface area (Å²) in [6.07, 6.45) is 0. The van der Waals surface area contributed by atoms with Crippen LogP contribution in [0.5, 0.6) is 0 Å². The van der Waals surface area contributed by atoms with E-state index in [0.717, 1.165) is 16.6 Å². The fraction of sp³-hybridized carbons (Fsp3) is 0.103. The van der Waals surface area contributed by atoms with Crippen LogP contribution >= 0.6 is 0 Å². The third-order valence-electron chi connectivity index (χ3n) is 6.82. The van der Waals surface area contributed by atoms with Crippen molar-refractivity contribution in [3.8, 4) is 22.3 Å². The molecular weight excluding hydrogens is 362 g/mol. The predicted octanol–water partition coefficient (Wildman–Crippen LogP) is 7.55. The van der Waals surface area contributed by atoms with Crippen molar-refractivity contribution in [3.63, 3.8) is 0 Å². The molecule has 1 heteroatoms. The maximum absolute atomic E-state index is 6.62. The summed E-state index contributed by atoms with van der Waals surface area (Å²) in [5.74, 6) is 0. The van der Waals surface area contributed by atoms with E-state index in [4.69, 9.17) is 5.73 Å². The summed E-state index contributed by atoms with van der Waals surface area (Å²) in [5.41, 5.74) is 15.2. The van der Waals surface area contributed by atoms with E-state index in [1.807, 2.05) is 0 Å². The zero-order valence-corrected chi connectivity index (χ0v) is 17.2. The van der Waals surface area contributed by atoms with E-state index in [2.05, 4.69) is 105 Å². The van der Waals surface area contributed by atoms with E-state index in [0.29, 0.717) is 0 Å². The molecule has 0 amide bonds. The van der Waals surface area contributed by atoms with Gasteiger partial charge in [-0.15, -0.1) is 0 Å². The first-order valence-corrected chi connectivity index (χ1v) is 10.5. The van der Waals surface area contributed by atoms with Crippen LogP contribution < -0.4 is 5.73 Å². The second-order valence-corrected chi connectivity index (χ2v) is 8.88. The van der Waals surface area contributed by atoms with Gasteiger partial charge in [0.15, 0.2) is 0 Å². The van der Waals surface area contributed by atoms with Crippen LogP contribution in [0.15, 0.2) is 91.0 Å². The van der Waals surface area contributed by atoms with E-state index in [9.17, 15) is 0 Å². The van der Waals surface area contributed by atoms with Crippen molar-refractivity contribution >= 4 is 27.2 Å². The molecule has 0 fully saturated rings. The summed E-state index contributed by atoms with van der Waals surface area (Å²) >= 11 is 0. The van der Waals surface area contributed by atoms with E-state index in [1.54, 1.807) is 0 Å². The van der Waals surface area contributed by atoms with Gasteiger partial charge in [-0.1, -0.05) is 86.6 Å².